The van der Waals surface area contributed by atoms with Crippen molar-refractivity contribution in [1.82, 2.24) is 13.7 Å². The molecular formula is C14H17N3O6. The van der Waals surface area contributed by atoms with E-state index in [0.717, 1.165) is 13.7 Å². The molecular weight excluding hydrogens is 306 g/mol. The van der Waals surface area contributed by atoms with Gasteiger partial charge in [0.25, 0.3) is 0 Å². The molecule has 0 spiro atoms. The zero-order chi connectivity index (χ0) is 17.0. The summed E-state index contributed by atoms with van der Waals surface area (Å²) < 4.78 is 2.25. The van der Waals surface area contributed by atoms with Crippen LogP contribution in [0, 0.1) is 0 Å². The smallest absolute Gasteiger partial charge is 0.341 e. The Morgan fingerprint density at radius 1 is 0.739 bits per heavy atom. The average molecular weight is 323 g/mol. The summed E-state index contributed by atoms with van der Waals surface area (Å²) in [6.45, 7) is -1.62. The summed E-state index contributed by atoms with van der Waals surface area (Å²) in [5.41, 5.74) is -1.82. The molecule has 23 heavy (non-hydrogen) atoms. The summed E-state index contributed by atoms with van der Waals surface area (Å²) in [5, 5.41) is 27.1. The van der Waals surface area contributed by atoms with E-state index in [9.17, 15) is 14.4 Å². The van der Waals surface area contributed by atoms with Gasteiger partial charge in [-0.05, 0) is 17.7 Å². The molecule has 0 unspecified atom stereocenters. The zero-order valence-corrected chi connectivity index (χ0v) is 12.3. The number of benzene rings is 1. The van der Waals surface area contributed by atoms with Gasteiger partial charge in [0.05, 0.1) is 38.6 Å². The second kappa shape index (κ2) is 7.18. The predicted octanol–water partition coefficient (Wildman–Crippen LogP) is -2.36. The van der Waals surface area contributed by atoms with Crippen molar-refractivity contribution in [1.29, 1.82) is 0 Å². The highest BCUT2D eigenvalue weighted by molar-refractivity contribution is 5.34. The monoisotopic (exact) mass is 323 g/mol. The number of nitrogens with zero attached hydrogens (tertiary/aromatic N) is 3. The van der Waals surface area contributed by atoms with Gasteiger partial charge in [0.15, 0.2) is 0 Å². The Hall–Kier alpha value is -2.49. The van der Waals surface area contributed by atoms with Gasteiger partial charge in [-0.25, -0.2) is 28.1 Å². The molecule has 9 nitrogen and oxygen atoms in total. The van der Waals surface area contributed by atoms with Gasteiger partial charge in [0.1, 0.15) is 0 Å². The van der Waals surface area contributed by atoms with Crippen molar-refractivity contribution < 1.29 is 15.3 Å². The highest BCUT2D eigenvalue weighted by Gasteiger charge is 2.16. The van der Waals surface area contributed by atoms with Gasteiger partial charge in [-0.1, -0.05) is 12.1 Å². The third-order valence-corrected chi connectivity index (χ3v) is 3.33. The summed E-state index contributed by atoms with van der Waals surface area (Å²) in [5.74, 6) is 0. The van der Waals surface area contributed by atoms with Crippen LogP contribution in [-0.2, 0) is 19.7 Å². The van der Waals surface area contributed by atoms with Crippen LogP contribution in [-0.4, -0.2) is 42.2 Å². The SMILES string of the molecule is O=c1n(CCO)c(=O)n(-c2ccc(CO)cc2)c(=O)n1CCO. The number of hydrogen-bond acceptors (Lipinski definition) is 6. The molecule has 0 bridgehead atoms. The molecule has 3 N–H and O–H groups in total. The molecule has 1 aromatic heterocycles. The van der Waals surface area contributed by atoms with Crippen LogP contribution in [0.4, 0.5) is 0 Å². The van der Waals surface area contributed by atoms with E-state index < -0.39 is 30.3 Å². The Morgan fingerprint density at radius 2 is 1.22 bits per heavy atom. The Labute approximate surface area is 129 Å². The van der Waals surface area contributed by atoms with Gasteiger partial charge in [0.2, 0.25) is 0 Å². The molecule has 9 heteroatoms. The third kappa shape index (κ3) is 3.16. The summed E-state index contributed by atoms with van der Waals surface area (Å²) >= 11 is 0. The average Bonchev–Trinajstić information content (AvgIpc) is 2.56. The van der Waals surface area contributed by atoms with E-state index in [1.807, 2.05) is 0 Å². The number of aliphatic hydroxyl groups is 3. The molecule has 0 aliphatic rings. The van der Waals surface area contributed by atoms with Crippen LogP contribution in [0.5, 0.6) is 0 Å². The lowest BCUT2D eigenvalue weighted by Crippen LogP contribution is -2.54. The van der Waals surface area contributed by atoms with Gasteiger partial charge >= 0.3 is 17.1 Å². The highest BCUT2D eigenvalue weighted by Crippen LogP contribution is 2.05. The number of rotatable bonds is 6. The van der Waals surface area contributed by atoms with Crippen molar-refractivity contribution in [3.8, 4) is 5.69 Å². The van der Waals surface area contributed by atoms with E-state index in [4.69, 9.17) is 15.3 Å². The molecule has 0 fully saturated rings. The van der Waals surface area contributed by atoms with Crippen LogP contribution in [0.2, 0.25) is 0 Å². The van der Waals surface area contributed by atoms with Gasteiger partial charge in [-0.2, -0.15) is 0 Å². The van der Waals surface area contributed by atoms with Crippen LogP contribution in [0.25, 0.3) is 5.69 Å². The van der Waals surface area contributed by atoms with Gasteiger partial charge in [-0.15, -0.1) is 0 Å². The maximum absolute atomic E-state index is 12.4. The van der Waals surface area contributed by atoms with Crippen molar-refractivity contribution in [2.24, 2.45) is 0 Å². The molecule has 0 amide bonds. The first-order valence-electron chi connectivity index (χ1n) is 6.93. The van der Waals surface area contributed by atoms with E-state index >= 15 is 0 Å². The molecule has 2 aromatic rings. The van der Waals surface area contributed by atoms with E-state index in [-0.39, 0.29) is 25.4 Å². The zero-order valence-electron chi connectivity index (χ0n) is 12.3. The second-order valence-corrected chi connectivity index (χ2v) is 4.76. The second-order valence-electron chi connectivity index (χ2n) is 4.76. The minimum Gasteiger partial charge on any atom is -0.395 e. The molecule has 0 aliphatic heterocycles. The Morgan fingerprint density at radius 3 is 1.61 bits per heavy atom. The van der Waals surface area contributed by atoms with Crippen molar-refractivity contribution in [2.45, 2.75) is 19.7 Å². The predicted molar refractivity (Wildman–Crippen MR) is 80.7 cm³/mol. The fraction of sp³-hybridized carbons (Fsp3) is 0.357. The third-order valence-electron chi connectivity index (χ3n) is 3.33. The summed E-state index contributed by atoms with van der Waals surface area (Å²) in [6.07, 6.45) is 0. The van der Waals surface area contributed by atoms with Crippen LogP contribution in [0.1, 0.15) is 5.56 Å². The lowest BCUT2D eigenvalue weighted by Gasteiger charge is -2.13. The molecule has 0 saturated heterocycles. The van der Waals surface area contributed by atoms with Crippen molar-refractivity contribution in [2.75, 3.05) is 13.2 Å². The maximum atomic E-state index is 12.4. The first-order chi connectivity index (χ1) is 11.0. The molecule has 0 saturated carbocycles. The molecule has 1 aromatic carbocycles. The Bertz CT molecular complexity index is 803. The van der Waals surface area contributed by atoms with Crippen LogP contribution >= 0.6 is 0 Å². The van der Waals surface area contributed by atoms with Crippen LogP contribution < -0.4 is 17.1 Å². The maximum Gasteiger partial charge on any atom is 0.341 e. The van der Waals surface area contributed by atoms with E-state index in [2.05, 4.69) is 0 Å². The summed E-state index contributed by atoms with van der Waals surface area (Å²) in [7, 11) is 0. The molecule has 124 valence electrons. The fourth-order valence-electron chi connectivity index (χ4n) is 2.19. The van der Waals surface area contributed by atoms with Crippen LogP contribution in [0.15, 0.2) is 38.6 Å². The van der Waals surface area contributed by atoms with Crippen molar-refractivity contribution in [3.05, 3.63) is 61.3 Å². The first-order valence-corrected chi connectivity index (χ1v) is 6.93. The number of aromatic nitrogens is 3. The van der Waals surface area contributed by atoms with E-state index in [1.165, 1.54) is 12.1 Å². The minimum atomic E-state index is -0.883. The summed E-state index contributed by atoms with van der Waals surface area (Å²) in [4.78, 5) is 36.9. The quantitative estimate of drug-likeness (QED) is 0.546. The number of aliphatic hydroxyl groups excluding tert-OH is 3. The van der Waals surface area contributed by atoms with Crippen molar-refractivity contribution in [3.63, 3.8) is 0 Å². The lowest BCUT2D eigenvalue weighted by molar-refractivity contribution is 0.253. The number of hydrogen-bond donors (Lipinski definition) is 3. The fourth-order valence-corrected chi connectivity index (χ4v) is 2.19. The summed E-state index contributed by atoms with van der Waals surface area (Å²) in [6, 6.07) is 6.01. The molecule has 2 rings (SSSR count). The molecule has 1 heterocycles. The lowest BCUT2D eigenvalue weighted by atomic mass is 10.2. The van der Waals surface area contributed by atoms with Crippen molar-refractivity contribution >= 4 is 0 Å². The minimum absolute atomic E-state index is 0.187. The van der Waals surface area contributed by atoms with Gasteiger partial charge < -0.3 is 15.3 Å². The standard InChI is InChI=1S/C14H17N3O6/c18-7-5-15-12(21)16(6-8-19)14(23)17(13(15)22)11-3-1-10(9-20)2-4-11/h1-4,18-20H,5-9H2. The van der Waals surface area contributed by atoms with E-state index in [1.54, 1.807) is 12.1 Å². The first kappa shape index (κ1) is 16.9. The highest BCUT2D eigenvalue weighted by atomic mass is 16.3. The Balaban J connectivity index is 2.77. The molecule has 0 radical (unpaired) electrons. The molecule has 0 atom stereocenters. The van der Waals surface area contributed by atoms with Crippen LogP contribution in [0.3, 0.4) is 0 Å². The largest absolute Gasteiger partial charge is 0.395 e. The van der Waals surface area contributed by atoms with Gasteiger partial charge in [0, 0.05) is 0 Å². The topological polar surface area (TPSA) is 127 Å². The molecule has 0 aliphatic carbocycles. The Kier molecular flexibility index (Phi) is 5.27. The van der Waals surface area contributed by atoms with Gasteiger partial charge in [-0.3, -0.25) is 0 Å². The normalized spacial score (nSPS) is 10.9. The van der Waals surface area contributed by atoms with E-state index in [0.29, 0.717) is 5.56 Å².